The Kier molecular flexibility index (Phi) is 6.74. The van der Waals surface area contributed by atoms with Crippen molar-refractivity contribution in [2.24, 2.45) is 0 Å². The third-order valence-electron chi connectivity index (χ3n) is 5.64. The molecule has 0 saturated heterocycles. The number of pyridine rings is 1. The number of halogens is 3. The number of aromatic amines is 1. The number of fused-ring (bicyclic) bond motifs is 1. The van der Waals surface area contributed by atoms with Crippen molar-refractivity contribution in [1.82, 2.24) is 29.8 Å². The fourth-order valence-corrected chi connectivity index (χ4v) is 4.01. The summed E-state index contributed by atoms with van der Waals surface area (Å²) < 4.78 is 39.2. The molecular weight excluding hydrogens is 465 g/mol. The maximum Gasteiger partial charge on any atom is 0.490 e. The molecule has 184 valence electrons. The molecule has 0 aliphatic carbocycles. The van der Waals surface area contributed by atoms with E-state index in [1.54, 1.807) is 0 Å². The van der Waals surface area contributed by atoms with E-state index in [1.807, 2.05) is 38.2 Å². The highest BCUT2D eigenvalue weighted by Crippen LogP contribution is 2.33. The van der Waals surface area contributed by atoms with Crippen molar-refractivity contribution in [3.8, 4) is 17.1 Å². The lowest BCUT2D eigenvalue weighted by Crippen LogP contribution is -2.30. The van der Waals surface area contributed by atoms with Gasteiger partial charge in [0.25, 0.3) is 0 Å². The summed E-state index contributed by atoms with van der Waals surface area (Å²) in [6.45, 7) is 6.60. The van der Waals surface area contributed by atoms with E-state index in [4.69, 9.17) is 14.4 Å². The van der Waals surface area contributed by atoms with Gasteiger partial charge in [-0.25, -0.2) is 9.78 Å². The maximum absolute atomic E-state index is 10.6. The van der Waals surface area contributed by atoms with E-state index >= 15 is 0 Å². The second-order valence-electron chi connectivity index (χ2n) is 8.05. The summed E-state index contributed by atoms with van der Waals surface area (Å²) in [5, 5.41) is 19.0. The van der Waals surface area contributed by atoms with Crippen LogP contribution in [0.4, 0.5) is 13.2 Å². The van der Waals surface area contributed by atoms with Crippen molar-refractivity contribution in [2.45, 2.75) is 39.5 Å². The number of carbonyl (C=O) groups is 1. The lowest BCUT2D eigenvalue weighted by atomic mass is 10.00. The van der Waals surface area contributed by atoms with Crippen LogP contribution in [0, 0.1) is 13.8 Å². The molecule has 1 aliphatic heterocycles. The molecule has 0 saturated carbocycles. The average Bonchev–Trinajstić information content (AvgIpc) is 3.53. The summed E-state index contributed by atoms with van der Waals surface area (Å²) in [4.78, 5) is 15.8. The summed E-state index contributed by atoms with van der Waals surface area (Å²) in [6, 6.07) is 10.2. The standard InChI is InChI=1S/C21H22N6O.C2HF3O2/c1-14-20(15(2)28-25-14)21-17-13-26(11-8-18(17)23-24-21)12-16-6-5-10-27(16)19-7-3-4-9-22-19;3-2(4,5)1(6)7/h3-7,9-10H,8,11-13H2,1-2H3,(H,23,24);(H,6,7). The molecule has 0 atom stereocenters. The van der Waals surface area contributed by atoms with Crippen LogP contribution in [0.5, 0.6) is 0 Å². The summed E-state index contributed by atoms with van der Waals surface area (Å²) >= 11 is 0. The summed E-state index contributed by atoms with van der Waals surface area (Å²) in [5.41, 5.74) is 6.55. The zero-order chi connectivity index (χ0) is 25.2. The lowest BCUT2D eigenvalue weighted by molar-refractivity contribution is -0.192. The minimum absolute atomic E-state index is 0.813. The van der Waals surface area contributed by atoms with Crippen LogP contribution in [0.15, 0.2) is 47.2 Å². The Morgan fingerprint density at radius 1 is 1.23 bits per heavy atom. The van der Waals surface area contributed by atoms with Crippen molar-refractivity contribution in [3.63, 3.8) is 0 Å². The number of nitrogens with zero attached hydrogens (tertiary/aromatic N) is 5. The first-order chi connectivity index (χ1) is 16.6. The van der Waals surface area contributed by atoms with E-state index < -0.39 is 12.1 Å². The first-order valence-electron chi connectivity index (χ1n) is 10.7. The molecule has 1 aliphatic rings. The summed E-state index contributed by atoms with van der Waals surface area (Å²) in [6.07, 6.45) is -0.232. The number of carboxylic acid groups (broad SMARTS) is 1. The van der Waals surface area contributed by atoms with Crippen molar-refractivity contribution < 1.29 is 27.6 Å². The van der Waals surface area contributed by atoms with Crippen LogP contribution in [-0.4, -0.2) is 53.6 Å². The fourth-order valence-electron chi connectivity index (χ4n) is 4.01. The molecule has 0 aromatic carbocycles. The number of alkyl halides is 3. The van der Waals surface area contributed by atoms with Gasteiger partial charge in [-0.1, -0.05) is 11.2 Å². The summed E-state index contributed by atoms with van der Waals surface area (Å²) in [5.74, 6) is -1.000. The molecule has 5 heterocycles. The second-order valence-corrected chi connectivity index (χ2v) is 8.05. The quantitative estimate of drug-likeness (QED) is 0.445. The number of aliphatic carboxylic acids is 1. The molecule has 0 unspecified atom stereocenters. The van der Waals surface area contributed by atoms with Gasteiger partial charge in [-0.2, -0.15) is 18.3 Å². The number of H-pyrrole nitrogens is 1. The fraction of sp³-hybridized carbons (Fsp3) is 0.304. The van der Waals surface area contributed by atoms with Gasteiger partial charge in [-0.15, -0.1) is 0 Å². The van der Waals surface area contributed by atoms with Gasteiger partial charge in [0.2, 0.25) is 0 Å². The molecule has 0 bridgehead atoms. The largest absolute Gasteiger partial charge is 0.490 e. The van der Waals surface area contributed by atoms with Crippen LogP contribution in [0.3, 0.4) is 0 Å². The molecule has 0 amide bonds. The van der Waals surface area contributed by atoms with E-state index in [-0.39, 0.29) is 0 Å². The molecule has 5 rings (SSSR count). The van der Waals surface area contributed by atoms with Crippen LogP contribution in [0.25, 0.3) is 17.1 Å². The smallest absolute Gasteiger partial charge is 0.475 e. The zero-order valence-corrected chi connectivity index (χ0v) is 19.0. The van der Waals surface area contributed by atoms with E-state index in [2.05, 4.69) is 48.1 Å². The molecular formula is C23H23F3N6O3. The Bertz CT molecular complexity index is 1290. The minimum Gasteiger partial charge on any atom is -0.475 e. The SMILES string of the molecule is Cc1noc(C)c1-c1n[nH]c2c1CN(Cc1cccn1-c1ccccn1)CC2.O=C(O)C(F)(F)F. The molecule has 35 heavy (non-hydrogen) atoms. The van der Waals surface area contributed by atoms with Gasteiger partial charge < -0.3 is 14.2 Å². The van der Waals surface area contributed by atoms with Gasteiger partial charge in [-0.3, -0.25) is 10.00 Å². The molecule has 0 spiro atoms. The first kappa shape index (κ1) is 24.2. The molecule has 12 heteroatoms. The molecule has 9 nitrogen and oxygen atoms in total. The van der Waals surface area contributed by atoms with Gasteiger partial charge in [0.1, 0.15) is 17.3 Å². The Hall–Kier alpha value is -3.93. The van der Waals surface area contributed by atoms with Gasteiger partial charge in [0, 0.05) is 55.4 Å². The van der Waals surface area contributed by atoms with Crippen molar-refractivity contribution in [3.05, 3.63) is 71.1 Å². The highest BCUT2D eigenvalue weighted by Gasteiger charge is 2.38. The Morgan fingerprint density at radius 2 is 2.00 bits per heavy atom. The number of nitrogens with one attached hydrogen (secondary N) is 1. The molecule has 4 aromatic rings. The Morgan fingerprint density at radius 3 is 2.63 bits per heavy atom. The minimum atomic E-state index is -5.08. The highest BCUT2D eigenvalue weighted by molar-refractivity contribution is 5.73. The average molecular weight is 488 g/mol. The van der Waals surface area contributed by atoms with E-state index in [9.17, 15) is 13.2 Å². The zero-order valence-electron chi connectivity index (χ0n) is 19.0. The van der Waals surface area contributed by atoms with Crippen molar-refractivity contribution >= 4 is 5.97 Å². The molecule has 4 aromatic heterocycles. The number of aryl methyl sites for hydroxylation is 2. The number of hydrogen-bond acceptors (Lipinski definition) is 6. The van der Waals surface area contributed by atoms with Gasteiger partial charge >= 0.3 is 12.1 Å². The van der Waals surface area contributed by atoms with Crippen LogP contribution in [0.1, 0.15) is 28.4 Å². The van der Waals surface area contributed by atoms with Crippen LogP contribution in [-0.2, 0) is 24.3 Å². The molecule has 2 N–H and O–H groups in total. The first-order valence-corrected chi connectivity index (χ1v) is 10.7. The molecule has 0 fully saturated rings. The monoisotopic (exact) mass is 488 g/mol. The van der Waals surface area contributed by atoms with Gasteiger partial charge in [-0.05, 0) is 38.1 Å². The predicted octanol–water partition coefficient (Wildman–Crippen LogP) is 4.06. The third kappa shape index (κ3) is 5.27. The normalized spacial score (nSPS) is 13.7. The number of rotatable bonds is 4. The predicted molar refractivity (Wildman–Crippen MR) is 119 cm³/mol. The lowest BCUT2D eigenvalue weighted by Gasteiger charge is -2.27. The maximum atomic E-state index is 10.6. The third-order valence-corrected chi connectivity index (χ3v) is 5.64. The Labute approximate surface area is 198 Å². The number of carboxylic acids is 1. The van der Waals surface area contributed by atoms with Crippen LogP contribution < -0.4 is 0 Å². The summed E-state index contributed by atoms with van der Waals surface area (Å²) in [7, 11) is 0. The van der Waals surface area contributed by atoms with Gasteiger partial charge in [0.15, 0.2) is 0 Å². The van der Waals surface area contributed by atoms with E-state index in [1.165, 1.54) is 17.0 Å². The Balaban J connectivity index is 0.000000364. The van der Waals surface area contributed by atoms with Gasteiger partial charge in [0.05, 0.1) is 11.3 Å². The van der Waals surface area contributed by atoms with Crippen LogP contribution >= 0.6 is 0 Å². The van der Waals surface area contributed by atoms with E-state index in [0.717, 1.165) is 54.6 Å². The number of aromatic nitrogens is 5. The van der Waals surface area contributed by atoms with E-state index in [0.29, 0.717) is 0 Å². The van der Waals surface area contributed by atoms with Crippen molar-refractivity contribution in [1.29, 1.82) is 0 Å². The van der Waals surface area contributed by atoms with Crippen molar-refractivity contribution in [2.75, 3.05) is 6.54 Å². The van der Waals surface area contributed by atoms with Crippen LogP contribution in [0.2, 0.25) is 0 Å². The topological polar surface area (TPSA) is 113 Å². The second kappa shape index (κ2) is 9.74. The molecule has 0 radical (unpaired) electrons. The number of hydrogen-bond donors (Lipinski definition) is 2. The highest BCUT2D eigenvalue weighted by atomic mass is 19.4.